The molecular weight excluding hydrogens is 396 g/mol. The number of pyridine rings is 1. The molecule has 4 heterocycles. The summed E-state index contributed by atoms with van der Waals surface area (Å²) in [6.07, 6.45) is 3.19. The molecule has 156 valence electrons. The number of para-hydroxylation sites is 1. The smallest absolute Gasteiger partial charge is 0.291 e. The minimum absolute atomic E-state index is 0.118. The maximum absolute atomic E-state index is 13.3. The molecule has 1 saturated heterocycles. The van der Waals surface area contributed by atoms with Crippen LogP contribution in [0.1, 0.15) is 21.1 Å². The quantitative estimate of drug-likeness (QED) is 0.546. The van der Waals surface area contributed by atoms with Crippen molar-refractivity contribution in [3.8, 4) is 0 Å². The fourth-order valence-corrected chi connectivity index (χ4v) is 3.73. The molecular formula is C23H20N4O4. The molecule has 8 nitrogen and oxygen atoms in total. The summed E-state index contributed by atoms with van der Waals surface area (Å²) in [4.78, 5) is 34.2. The Labute approximate surface area is 178 Å². The normalized spacial score (nSPS) is 14.1. The van der Waals surface area contributed by atoms with Gasteiger partial charge < -0.3 is 24.0 Å². The summed E-state index contributed by atoms with van der Waals surface area (Å²) in [5.41, 5.74) is 0.891. The SMILES string of the molecule is O=C(Nc1c(C(=O)N2CCN(c3ccccn3)CC2)oc2ccccc12)c1ccco1. The summed E-state index contributed by atoms with van der Waals surface area (Å²) in [5.74, 6) is 0.474. The number of benzene rings is 1. The molecule has 3 aromatic heterocycles. The fraction of sp³-hybridized carbons (Fsp3) is 0.174. The van der Waals surface area contributed by atoms with Crippen molar-refractivity contribution in [3.63, 3.8) is 0 Å². The van der Waals surface area contributed by atoms with Gasteiger partial charge in [-0.25, -0.2) is 4.98 Å². The number of piperazine rings is 1. The topological polar surface area (TPSA) is 91.8 Å². The summed E-state index contributed by atoms with van der Waals surface area (Å²) < 4.78 is 11.1. The predicted octanol–water partition coefficient (Wildman–Crippen LogP) is 3.64. The second kappa shape index (κ2) is 7.98. The van der Waals surface area contributed by atoms with Crippen molar-refractivity contribution in [1.29, 1.82) is 0 Å². The van der Waals surface area contributed by atoms with Crippen molar-refractivity contribution in [2.24, 2.45) is 0 Å². The van der Waals surface area contributed by atoms with E-state index in [0.29, 0.717) is 42.8 Å². The number of rotatable bonds is 4. The Hall–Kier alpha value is -4.07. The number of nitrogens with one attached hydrogen (secondary N) is 1. The molecule has 2 amide bonds. The van der Waals surface area contributed by atoms with E-state index in [1.165, 1.54) is 6.26 Å². The number of aromatic nitrogens is 1. The van der Waals surface area contributed by atoms with Gasteiger partial charge in [-0.1, -0.05) is 18.2 Å². The molecule has 1 N–H and O–H groups in total. The predicted molar refractivity (Wildman–Crippen MR) is 115 cm³/mol. The number of hydrogen-bond acceptors (Lipinski definition) is 6. The Morgan fingerprint density at radius 3 is 2.48 bits per heavy atom. The molecule has 5 rings (SSSR count). The molecule has 1 aliphatic rings. The van der Waals surface area contributed by atoms with Crippen LogP contribution in [0, 0.1) is 0 Å². The molecule has 8 heteroatoms. The third-order valence-electron chi connectivity index (χ3n) is 5.31. The number of anilines is 2. The molecule has 1 aliphatic heterocycles. The lowest BCUT2D eigenvalue weighted by molar-refractivity contribution is 0.0718. The van der Waals surface area contributed by atoms with Crippen LogP contribution in [0.3, 0.4) is 0 Å². The lowest BCUT2D eigenvalue weighted by Crippen LogP contribution is -2.49. The highest BCUT2D eigenvalue weighted by Crippen LogP contribution is 2.32. The molecule has 1 aromatic carbocycles. The van der Waals surface area contributed by atoms with E-state index in [1.807, 2.05) is 36.4 Å². The zero-order chi connectivity index (χ0) is 21.2. The van der Waals surface area contributed by atoms with Gasteiger partial charge in [0.15, 0.2) is 5.76 Å². The fourth-order valence-electron chi connectivity index (χ4n) is 3.73. The van der Waals surface area contributed by atoms with Gasteiger partial charge in [0.25, 0.3) is 11.8 Å². The Kier molecular flexibility index (Phi) is 4.87. The van der Waals surface area contributed by atoms with Crippen LogP contribution in [0.15, 0.2) is 75.9 Å². The highest BCUT2D eigenvalue weighted by atomic mass is 16.4. The monoisotopic (exact) mass is 416 g/mol. The molecule has 0 unspecified atom stereocenters. The summed E-state index contributed by atoms with van der Waals surface area (Å²) in [7, 11) is 0. The summed E-state index contributed by atoms with van der Waals surface area (Å²) >= 11 is 0. The lowest BCUT2D eigenvalue weighted by Gasteiger charge is -2.35. The summed E-state index contributed by atoms with van der Waals surface area (Å²) in [5, 5.41) is 3.46. The van der Waals surface area contributed by atoms with Gasteiger partial charge in [0, 0.05) is 37.8 Å². The van der Waals surface area contributed by atoms with E-state index in [4.69, 9.17) is 8.83 Å². The zero-order valence-corrected chi connectivity index (χ0v) is 16.7. The van der Waals surface area contributed by atoms with Crippen molar-refractivity contribution in [2.45, 2.75) is 0 Å². The highest BCUT2D eigenvalue weighted by Gasteiger charge is 2.29. The molecule has 0 saturated carbocycles. The van der Waals surface area contributed by atoms with Gasteiger partial charge in [0.2, 0.25) is 5.76 Å². The number of carbonyl (C=O) groups is 2. The molecule has 0 radical (unpaired) electrons. The average molecular weight is 416 g/mol. The highest BCUT2D eigenvalue weighted by molar-refractivity contribution is 6.13. The van der Waals surface area contributed by atoms with Crippen molar-refractivity contribution >= 4 is 34.3 Å². The molecule has 0 aliphatic carbocycles. The third-order valence-corrected chi connectivity index (χ3v) is 5.31. The molecule has 1 fully saturated rings. The number of furan rings is 2. The van der Waals surface area contributed by atoms with Gasteiger partial charge in [0.05, 0.1) is 6.26 Å². The first kappa shape index (κ1) is 18.9. The van der Waals surface area contributed by atoms with Crippen molar-refractivity contribution < 1.29 is 18.4 Å². The van der Waals surface area contributed by atoms with Crippen LogP contribution in [0.4, 0.5) is 11.5 Å². The summed E-state index contributed by atoms with van der Waals surface area (Å²) in [6.45, 7) is 2.38. The third kappa shape index (κ3) is 3.63. The van der Waals surface area contributed by atoms with Crippen LogP contribution in [0.25, 0.3) is 11.0 Å². The maximum atomic E-state index is 13.3. The van der Waals surface area contributed by atoms with E-state index in [1.54, 1.807) is 29.3 Å². The first-order valence-corrected chi connectivity index (χ1v) is 10.0. The largest absolute Gasteiger partial charge is 0.459 e. The number of fused-ring (bicyclic) bond motifs is 1. The standard InChI is InChI=1S/C23H20N4O4/c28-22(18-8-5-15-30-18)25-20-16-6-1-2-7-17(16)31-21(20)23(29)27-13-11-26(12-14-27)19-9-3-4-10-24-19/h1-10,15H,11-14H2,(H,25,28). The number of nitrogens with zero attached hydrogens (tertiary/aromatic N) is 3. The molecule has 0 spiro atoms. The minimum atomic E-state index is -0.439. The van der Waals surface area contributed by atoms with Crippen LogP contribution in [0.5, 0.6) is 0 Å². The summed E-state index contributed by atoms with van der Waals surface area (Å²) in [6, 6.07) is 16.2. The number of hydrogen-bond donors (Lipinski definition) is 1. The van der Waals surface area contributed by atoms with E-state index >= 15 is 0 Å². The van der Waals surface area contributed by atoms with E-state index in [9.17, 15) is 9.59 Å². The molecule has 31 heavy (non-hydrogen) atoms. The first-order valence-electron chi connectivity index (χ1n) is 10.0. The Morgan fingerprint density at radius 2 is 1.74 bits per heavy atom. The van der Waals surface area contributed by atoms with Crippen molar-refractivity contribution in [1.82, 2.24) is 9.88 Å². The lowest BCUT2D eigenvalue weighted by atomic mass is 10.2. The van der Waals surface area contributed by atoms with Gasteiger partial charge in [-0.05, 0) is 36.4 Å². The van der Waals surface area contributed by atoms with Crippen LogP contribution >= 0.6 is 0 Å². The number of carbonyl (C=O) groups excluding carboxylic acids is 2. The van der Waals surface area contributed by atoms with Gasteiger partial charge in [-0.15, -0.1) is 0 Å². The van der Waals surface area contributed by atoms with E-state index < -0.39 is 5.91 Å². The molecule has 4 aromatic rings. The Balaban J connectivity index is 1.39. The van der Waals surface area contributed by atoms with Gasteiger partial charge in [-0.2, -0.15) is 0 Å². The molecule has 0 atom stereocenters. The molecule has 0 bridgehead atoms. The van der Waals surface area contributed by atoms with Crippen molar-refractivity contribution in [2.75, 3.05) is 36.4 Å². The van der Waals surface area contributed by atoms with Crippen molar-refractivity contribution in [3.05, 3.63) is 78.6 Å². The van der Waals surface area contributed by atoms with Gasteiger partial charge in [-0.3, -0.25) is 9.59 Å². The maximum Gasteiger partial charge on any atom is 0.291 e. The van der Waals surface area contributed by atoms with E-state index in [-0.39, 0.29) is 17.4 Å². The zero-order valence-electron chi connectivity index (χ0n) is 16.7. The minimum Gasteiger partial charge on any atom is -0.459 e. The van der Waals surface area contributed by atoms with Crippen LogP contribution < -0.4 is 10.2 Å². The van der Waals surface area contributed by atoms with Crippen LogP contribution in [-0.2, 0) is 0 Å². The van der Waals surface area contributed by atoms with E-state index in [0.717, 1.165) is 5.82 Å². The number of amides is 2. The Morgan fingerprint density at radius 1 is 0.935 bits per heavy atom. The van der Waals surface area contributed by atoms with Gasteiger partial charge in [0.1, 0.15) is 17.1 Å². The second-order valence-corrected chi connectivity index (χ2v) is 7.20. The second-order valence-electron chi connectivity index (χ2n) is 7.20. The van der Waals surface area contributed by atoms with E-state index in [2.05, 4.69) is 15.2 Å². The average Bonchev–Trinajstić information content (AvgIpc) is 3.48. The first-order chi connectivity index (χ1) is 15.2. The van der Waals surface area contributed by atoms with Crippen LogP contribution in [0.2, 0.25) is 0 Å². The van der Waals surface area contributed by atoms with Crippen LogP contribution in [-0.4, -0.2) is 47.9 Å². The van der Waals surface area contributed by atoms with Gasteiger partial charge >= 0.3 is 0 Å². The Bertz CT molecular complexity index is 1210.